The van der Waals surface area contributed by atoms with Gasteiger partial charge in [0, 0.05) is 0 Å². The number of rotatable bonds is 6. The summed E-state index contributed by atoms with van der Waals surface area (Å²) in [7, 11) is 0. The Bertz CT molecular complexity index is 370. The second-order valence-corrected chi connectivity index (χ2v) is 3.97. The second kappa shape index (κ2) is 7.07. The first-order valence-corrected chi connectivity index (χ1v) is 5.59. The lowest BCUT2D eigenvalue weighted by Crippen LogP contribution is -2.44. The summed E-state index contributed by atoms with van der Waals surface area (Å²) in [6.45, 7) is 1.32. The predicted molar refractivity (Wildman–Crippen MR) is 68.3 cm³/mol. The van der Waals surface area contributed by atoms with Gasteiger partial charge < -0.3 is 20.4 Å². The average Bonchev–Trinajstić information content (AvgIpc) is 2.38. The van der Waals surface area contributed by atoms with Crippen LogP contribution in [0.5, 0.6) is 0 Å². The lowest BCUT2D eigenvalue weighted by atomic mass is 10.1. The van der Waals surface area contributed by atoms with Gasteiger partial charge in [0.15, 0.2) is 0 Å². The minimum atomic E-state index is -1.49. The van der Waals surface area contributed by atoms with Gasteiger partial charge in [-0.2, -0.15) is 5.10 Å². The van der Waals surface area contributed by atoms with Crippen LogP contribution in [-0.2, 0) is 0 Å². The number of para-hydroxylation sites is 1. The highest BCUT2D eigenvalue weighted by Crippen LogP contribution is 2.06. The highest BCUT2D eigenvalue weighted by molar-refractivity contribution is 5.65. The molecular formula is C12H18N2O4. The summed E-state index contributed by atoms with van der Waals surface area (Å²) in [6.07, 6.45) is -4.37. The molecule has 100 valence electrons. The first-order chi connectivity index (χ1) is 8.52. The fourth-order valence-corrected chi connectivity index (χ4v) is 1.28. The van der Waals surface area contributed by atoms with Gasteiger partial charge in [-0.05, 0) is 19.1 Å². The molecule has 1 aromatic carbocycles. The lowest BCUT2D eigenvalue weighted by molar-refractivity contribution is -0.0820. The van der Waals surface area contributed by atoms with Crippen molar-refractivity contribution >= 4 is 11.9 Å². The van der Waals surface area contributed by atoms with E-state index in [-0.39, 0.29) is 0 Å². The van der Waals surface area contributed by atoms with Gasteiger partial charge in [-0.15, -0.1) is 0 Å². The fourth-order valence-electron chi connectivity index (χ4n) is 1.28. The molecule has 6 heteroatoms. The second-order valence-electron chi connectivity index (χ2n) is 3.97. The monoisotopic (exact) mass is 254 g/mol. The third-order valence-electron chi connectivity index (χ3n) is 2.39. The molecule has 1 aromatic rings. The van der Waals surface area contributed by atoms with E-state index in [4.69, 9.17) is 5.11 Å². The van der Waals surface area contributed by atoms with Gasteiger partial charge in [-0.1, -0.05) is 18.2 Å². The molecule has 18 heavy (non-hydrogen) atoms. The number of anilines is 1. The summed E-state index contributed by atoms with van der Waals surface area (Å²) >= 11 is 0. The van der Waals surface area contributed by atoms with Crippen LogP contribution in [0.15, 0.2) is 35.4 Å². The van der Waals surface area contributed by atoms with E-state index in [1.54, 1.807) is 12.1 Å². The van der Waals surface area contributed by atoms with E-state index >= 15 is 0 Å². The van der Waals surface area contributed by atoms with Crippen LogP contribution in [0.25, 0.3) is 0 Å². The minimum Gasteiger partial charge on any atom is -0.391 e. The number of benzene rings is 1. The first-order valence-electron chi connectivity index (χ1n) is 5.59. The van der Waals surface area contributed by atoms with E-state index in [9.17, 15) is 15.3 Å². The number of aliphatic hydroxyl groups excluding tert-OH is 4. The van der Waals surface area contributed by atoms with Crippen LogP contribution in [0, 0.1) is 0 Å². The zero-order chi connectivity index (χ0) is 13.5. The highest BCUT2D eigenvalue weighted by atomic mass is 16.4. The maximum absolute atomic E-state index is 9.50. The molecule has 6 nitrogen and oxygen atoms in total. The molecule has 5 N–H and O–H groups in total. The van der Waals surface area contributed by atoms with Crippen molar-refractivity contribution < 1.29 is 20.4 Å². The number of nitrogens with one attached hydrogen (secondary N) is 1. The molecule has 1 rings (SSSR count). The van der Waals surface area contributed by atoms with Crippen LogP contribution in [0.3, 0.4) is 0 Å². The summed E-state index contributed by atoms with van der Waals surface area (Å²) in [5, 5.41) is 41.1. The number of nitrogens with zero attached hydrogens (tertiary/aromatic N) is 1. The zero-order valence-electron chi connectivity index (χ0n) is 10.0. The topological polar surface area (TPSA) is 105 Å². The Morgan fingerprint density at radius 2 is 1.67 bits per heavy atom. The van der Waals surface area contributed by atoms with Crippen LogP contribution in [-0.4, -0.2) is 51.1 Å². The van der Waals surface area contributed by atoms with Gasteiger partial charge in [0.05, 0.1) is 18.0 Å². The molecular weight excluding hydrogens is 236 g/mol. The molecule has 0 unspecified atom stereocenters. The molecule has 0 radical (unpaired) electrons. The van der Waals surface area contributed by atoms with Crippen molar-refractivity contribution in [1.82, 2.24) is 0 Å². The van der Waals surface area contributed by atoms with Crippen LogP contribution >= 0.6 is 0 Å². The van der Waals surface area contributed by atoms with Crippen LogP contribution < -0.4 is 5.43 Å². The summed E-state index contributed by atoms with van der Waals surface area (Å²) in [4.78, 5) is 0. The quantitative estimate of drug-likeness (QED) is 0.349. The Hall–Kier alpha value is -1.47. The summed E-state index contributed by atoms with van der Waals surface area (Å²) in [6, 6.07) is 9.06. The number of hydrogen-bond acceptors (Lipinski definition) is 6. The van der Waals surface area contributed by atoms with Gasteiger partial charge in [0.25, 0.3) is 0 Å². The maximum atomic E-state index is 9.50. The molecule has 0 saturated carbocycles. The zero-order valence-corrected chi connectivity index (χ0v) is 10.0. The van der Waals surface area contributed by atoms with E-state index in [0.717, 1.165) is 11.9 Å². The van der Waals surface area contributed by atoms with Gasteiger partial charge in [-0.25, -0.2) is 0 Å². The summed E-state index contributed by atoms with van der Waals surface area (Å²) < 4.78 is 0. The molecule has 0 fully saturated rings. The van der Waals surface area contributed by atoms with E-state index < -0.39 is 24.4 Å². The summed E-state index contributed by atoms with van der Waals surface area (Å²) in [5.74, 6) is 0. The molecule has 4 atom stereocenters. The van der Waals surface area contributed by atoms with Crippen molar-refractivity contribution in [2.75, 3.05) is 5.43 Å². The van der Waals surface area contributed by atoms with E-state index in [1.807, 2.05) is 18.2 Å². The van der Waals surface area contributed by atoms with Gasteiger partial charge >= 0.3 is 0 Å². The Balaban J connectivity index is 2.47. The van der Waals surface area contributed by atoms with Crippen molar-refractivity contribution in [3.05, 3.63) is 30.3 Å². The normalized spacial score (nSPS) is 18.3. The molecule has 0 bridgehead atoms. The molecule has 0 heterocycles. The number of hydrogen-bond donors (Lipinski definition) is 5. The van der Waals surface area contributed by atoms with Crippen LogP contribution in [0.2, 0.25) is 0 Å². The van der Waals surface area contributed by atoms with Gasteiger partial charge in [-0.3, -0.25) is 5.43 Å². The Labute approximate surface area is 105 Å². The average molecular weight is 254 g/mol. The Morgan fingerprint density at radius 1 is 1.06 bits per heavy atom. The third kappa shape index (κ3) is 4.42. The SMILES string of the molecule is C[C@@H](O)[C@H](O)[C@H](O)[C@H](O)/C=N\Nc1ccccc1. The number of aliphatic hydroxyl groups is 4. The van der Waals surface area contributed by atoms with Crippen LogP contribution in [0.1, 0.15) is 6.92 Å². The van der Waals surface area contributed by atoms with Crippen LogP contribution in [0.4, 0.5) is 5.69 Å². The Kier molecular flexibility index (Phi) is 5.73. The van der Waals surface area contributed by atoms with Crippen molar-refractivity contribution in [3.63, 3.8) is 0 Å². The summed E-state index contributed by atoms with van der Waals surface area (Å²) in [5.41, 5.74) is 3.38. The molecule has 0 aliphatic rings. The van der Waals surface area contributed by atoms with Gasteiger partial charge in [0.1, 0.15) is 18.3 Å². The smallest absolute Gasteiger partial charge is 0.119 e. The molecule has 0 aliphatic heterocycles. The predicted octanol–water partition coefficient (Wildman–Crippen LogP) is -0.452. The molecule has 0 amide bonds. The lowest BCUT2D eigenvalue weighted by Gasteiger charge is -2.22. The molecule has 0 spiro atoms. The van der Waals surface area contributed by atoms with Crippen molar-refractivity contribution in [3.8, 4) is 0 Å². The Morgan fingerprint density at radius 3 is 2.22 bits per heavy atom. The van der Waals surface area contributed by atoms with E-state index in [2.05, 4.69) is 10.5 Å². The van der Waals surface area contributed by atoms with Crippen molar-refractivity contribution in [2.45, 2.75) is 31.3 Å². The standard InChI is InChI=1S/C12H18N2O4/c1-8(15)11(17)12(18)10(16)7-13-14-9-5-3-2-4-6-9/h2-8,10-12,14-18H,1H3/b13-7-/t8-,10-,11+,12-/m1/s1. The third-order valence-corrected chi connectivity index (χ3v) is 2.39. The molecule has 0 aromatic heterocycles. The maximum Gasteiger partial charge on any atom is 0.119 e. The van der Waals surface area contributed by atoms with Gasteiger partial charge in [0.2, 0.25) is 0 Å². The van der Waals surface area contributed by atoms with Crippen molar-refractivity contribution in [2.24, 2.45) is 5.10 Å². The first kappa shape index (κ1) is 14.6. The van der Waals surface area contributed by atoms with E-state index in [1.165, 1.54) is 6.92 Å². The largest absolute Gasteiger partial charge is 0.391 e. The number of hydrazone groups is 1. The highest BCUT2D eigenvalue weighted by Gasteiger charge is 2.26. The molecule has 0 saturated heterocycles. The minimum absolute atomic E-state index is 0.728. The van der Waals surface area contributed by atoms with E-state index in [0.29, 0.717) is 0 Å². The fraction of sp³-hybridized carbons (Fsp3) is 0.417. The van der Waals surface area contributed by atoms with Crippen molar-refractivity contribution in [1.29, 1.82) is 0 Å². The molecule has 0 aliphatic carbocycles.